The minimum absolute atomic E-state index is 0.199. The summed E-state index contributed by atoms with van der Waals surface area (Å²) < 4.78 is 31.9. The highest BCUT2D eigenvalue weighted by Gasteiger charge is 2.28. The van der Waals surface area contributed by atoms with Gasteiger partial charge in [-0.15, -0.1) is 0 Å². The maximum absolute atomic E-state index is 12.7. The van der Waals surface area contributed by atoms with Crippen LogP contribution in [-0.4, -0.2) is 45.6 Å². The molecule has 5 nitrogen and oxygen atoms in total. The van der Waals surface area contributed by atoms with E-state index in [1.807, 2.05) is 6.92 Å². The molecule has 0 saturated carbocycles. The first-order chi connectivity index (χ1) is 9.55. The van der Waals surface area contributed by atoms with Crippen LogP contribution in [0.1, 0.15) is 11.1 Å². The van der Waals surface area contributed by atoms with Crippen LogP contribution in [0.5, 0.6) is 0 Å². The molecular weight excluding hydrogens is 276 g/mol. The number of morpholine rings is 1. The summed E-state index contributed by atoms with van der Waals surface area (Å²) in [4.78, 5) is 0.242. The lowest BCUT2D eigenvalue weighted by Crippen LogP contribution is -2.40. The van der Waals surface area contributed by atoms with Gasteiger partial charge in [-0.05, 0) is 24.6 Å². The predicted octanol–water partition coefficient (Wildman–Crippen LogP) is 0.326. The number of nitrogens with two attached hydrogens (primary N) is 1. The number of ether oxygens (including phenoxy) is 1. The molecule has 1 fully saturated rings. The summed E-state index contributed by atoms with van der Waals surface area (Å²) in [5.74, 6) is 5.56. The van der Waals surface area contributed by atoms with Gasteiger partial charge in [0.1, 0.15) is 0 Å². The molecule has 0 spiro atoms. The number of benzene rings is 1. The van der Waals surface area contributed by atoms with E-state index in [0.717, 1.165) is 5.56 Å². The molecule has 0 aliphatic carbocycles. The van der Waals surface area contributed by atoms with Crippen LogP contribution in [0, 0.1) is 18.8 Å². The molecule has 0 amide bonds. The zero-order chi connectivity index (χ0) is 14.6. The molecule has 1 aromatic carbocycles. The van der Waals surface area contributed by atoms with Crippen LogP contribution in [0.3, 0.4) is 0 Å². The zero-order valence-corrected chi connectivity index (χ0v) is 12.2. The third-order valence-corrected chi connectivity index (χ3v) is 5.00. The summed E-state index contributed by atoms with van der Waals surface area (Å²) >= 11 is 0. The first-order valence-electron chi connectivity index (χ1n) is 6.43. The van der Waals surface area contributed by atoms with Crippen LogP contribution < -0.4 is 5.73 Å². The number of aryl methyl sites for hydroxylation is 1. The smallest absolute Gasteiger partial charge is 0.244 e. The first kappa shape index (κ1) is 15.0. The van der Waals surface area contributed by atoms with Crippen molar-refractivity contribution in [3.8, 4) is 11.8 Å². The van der Waals surface area contributed by atoms with Crippen LogP contribution in [-0.2, 0) is 14.8 Å². The van der Waals surface area contributed by atoms with Crippen molar-refractivity contribution in [1.82, 2.24) is 4.31 Å². The average molecular weight is 294 g/mol. The minimum atomic E-state index is -3.53. The fourth-order valence-corrected chi connectivity index (χ4v) is 3.57. The van der Waals surface area contributed by atoms with Gasteiger partial charge in [-0.2, -0.15) is 4.31 Å². The highest BCUT2D eigenvalue weighted by molar-refractivity contribution is 7.89. The number of hydrogen-bond donors (Lipinski definition) is 1. The van der Waals surface area contributed by atoms with Gasteiger partial charge in [0.2, 0.25) is 10.0 Å². The monoisotopic (exact) mass is 294 g/mol. The van der Waals surface area contributed by atoms with Crippen molar-refractivity contribution in [3.05, 3.63) is 29.3 Å². The van der Waals surface area contributed by atoms with Crippen LogP contribution in [0.15, 0.2) is 23.1 Å². The Labute approximate surface area is 119 Å². The summed E-state index contributed by atoms with van der Waals surface area (Å²) in [6.07, 6.45) is 0. The van der Waals surface area contributed by atoms with Gasteiger partial charge in [-0.25, -0.2) is 8.42 Å². The Morgan fingerprint density at radius 1 is 1.35 bits per heavy atom. The third kappa shape index (κ3) is 3.19. The molecule has 0 bridgehead atoms. The molecule has 20 heavy (non-hydrogen) atoms. The fraction of sp³-hybridized carbons (Fsp3) is 0.429. The third-order valence-electron chi connectivity index (χ3n) is 3.05. The first-order valence-corrected chi connectivity index (χ1v) is 7.87. The predicted molar refractivity (Wildman–Crippen MR) is 76.7 cm³/mol. The van der Waals surface area contributed by atoms with E-state index in [1.54, 1.807) is 18.2 Å². The quantitative estimate of drug-likeness (QED) is 0.798. The van der Waals surface area contributed by atoms with Gasteiger partial charge >= 0.3 is 0 Å². The van der Waals surface area contributed by atoms with Gasteiger partial charge in [0, 0.05) is 18.7 Å². The molecule has 1 aromatic rings. The Kier molecular flexibility index (Phi) is 4.78. The largest absolute Gasteiger partial charge is 0.379 e. The maximum atomic E-state index is 12.7. The Bertz CT molecular complexity index is 638. The van der Waals surface area contributed by atoms with Crippen LogP contribution in [0.4, 0.5) is 0 Å². The van der Waals surface area contributed by atoms with Crippen molar-refractivity contribution in [2.75, 3.05) is 32.8 Å². The Balaban J connectivity index is 2.45. The van der Waals surface area contributed by atoms with Crippen molar-refractivity contribution in [3.63, 3.8) is 0 Å². The maximum Gasteiger partial charge on any atom is 0.244 e. The van der Waals surface area contributed by atoms with Gasteiger partial charge in [0.15, 0.2) is 0 Å². The number of rotatable bonds is 2. The Morgan fingerprint density at radius 2 is 2.05 bits per heavy atom. The second-order valence-electron chi connectivity index (χ2n) is 4.52. The van der Waals surface area contributed by atoms with Gasteiger partial charge in [0.25, 0.3) is 0 Å². The molecule has 0 aromatic heterocycles. The SMILES string of the molecule is Cc1ccc(S(=O)(=O)N2CCOCC2)c(C#CCN)c1. The van der Waals surface area contributed by atoms with Gasteiger partial charge in [0.05, 0.1) is 24.7 Å². The normalized spacial score (nSPS) is 16.5. The van der Waals surface area contributed by atoms with Crippen molar-refractivity contribution in [2.45, 2.75) is 11.8 Å². The number of hydrogen-bond acceptors (Lipinski definition) is 4. The Morgan fingerprint density at radius 3 is 2.70 bits per heavy atom. The molecule has 1 saturated heterocycles. The summed E-state index contributed by atoms with van der Waals surface area (Å²) in [6.45, 7) is 3.70. The van der Waals surface area contributed by atoms with Crippen molar-refractivity contribution in [2.24, 2.45) is 5.73 Å². The van der Waals surface area contributed by atoms with E-state index in [0.29, 0.717) is 31.9 Å². The lowest BCUT2D eigenvalue weighted by atomic mass is 10.1. The van der Waals surface area contributed by atoms with E-state index < -0.39 is 10.0 Å². The molecule has 2 rings (SSSR count). The molecule has 108 valence electrons. The summed E-state index contributed by atoms with van der Waals surface area (Å²) in [5.41, 5.74) is 6.83. The van der Waals surface area contributed by atoms with Crippen LogP contribution >= 0.6 is 0 Å². The molecule has 2 N–H and O–H groups in total. The van der Waals surface area contributed by atoms with E-state index in [2.05, 4.69) is 11.8 Å². The van der Waals surface area contributed by atoms with E-state index >= 15 is 0 Å². The van der Waals surface area contributed by atoms with Crippen molar-refractivity contribution >= 4 is 10.0 Å². The molecule has 0 atom stereocenters. The standard InChI is InChI=1S/C14H18N2O3S/c1-12-4-5-14(13(11-12)3-2-6-15)20(17,18)16-7-9-19-10-8-16/h4-5,11H,6-10,15H2,1H3. The van der Waals surface area contributed by atoms with Crippen LogP contribution in [0.2, 0.25) is 0 Å². The van der Waals surface area contributed by atoms with E-state index in [4.69, 9.17) is 10.5 Å². The van der Waals surface area contributed by atoms with Crippen molar-refractivity contribution in [1.29, 1.82) is 0 Å². The molecule has 0 radical (unpaired) electrons. The summed E-state index contributed by atoms with van der Waals surface area (Å²) in [5, 5.41) is 0. The molecule has 1 aliphatic rings. The highest BCUT2D eigenvalue weighted by atomic mass is 32.2. The zero-order valence-electron chi connectivity index (χ0n) is 11.4. The van der Waals surface area contributed by atoms with Crippen molar-refractivity contribution < 1.29 is 13.2 Å². The Hall–Kier alpha value is -1.39. The number of sulfonamides is 1. The van der Waals surface area contributed by atoms with Gasteiger partial charge < -0.3 is 10.5 Å². The van der Waals surface area contributed by atoms with Crippen LogP contribution in [0.25, 0.3) is 0 Å². The molecule has 1 heterocycles. The van der Waals surface area contributed by atoms with Gasteiger partial charge in [-0.1, -0.05) is 17.9 Å². The minimum Gasteiger partial charge on any atom is -0.379 e. The lowest BCUT2D eigenvalue weighted by molar-refractivity contribution is 0.0730. The molecule has 1 aliphatic heterocycles. The lowest BCUT2D eigenvalue weighted by Gasteiger charge is -2.26. The van der Waals surface area contributed by atoms with E-state index in [1.165, 1.54) is 4.31 Å². The molecule has 6 heteroatoms. The second-order valence-corrected chi connectivity index (χ2v) is 6.43. The summed E-state index contributed by atoms with van der Waals surface area (Å²) in [6, 6.07) is 5.16. The van der Waals surface area contributed by atoms with E-state index in [9.17, 15) is 8.42 Å². The second kappa shape index (κ2) is 6.37. The highest BCUT2D eigenvalue weighted by Crippen LogP contribution is 2.21. The van der Waals surface area contributed by atoms with E-state index in [-0.39, 0.29) is 11.4 Å². The molecule has 0 unspecified atom stereocenters. The summed E-state index contributed by atoms with van der Waals surface area (Å²) in [7, 11) is -3.53. The average Bonchev–Trinajstić information content (AvgIpc) is 2.46. The topological polar surface area (TPSA) is 72.6 Å². The molecular formula is C14H18N2O3S. The van der Waals surface area contributed by atoms with Gasteiger partial charge in [-0.3, -0.25) is 0 Å². The number of nitrogens with zero attached hydrogens (tertiary/aromatic N) is 1. The fourth-order valence-electron chi connectivity index (χ4n) is 2.04.